The second kappa shape index (κ2) is 9.92. The Morgan fingerprint density at radius 1 is 1.11 bits per heavy atom. The highest BCUT2D eigenvalue weighted by molar-refractivity contribution is 5.78. The molecule has 3 heterocycles. The number of nitrogens with two attached hydrogens (primary N) is 1. The molecule has 0 radical (unpaired) electrons. The van der Waals surface area contributed by atoms with Gasteiger partial charge in [0.05, 0.1) is 12.8 Å². The summed E-state index contributed by atoms with van der Waals surface area (Å²) in [6, 6.07) is 1.20. The number of rotatable bonds is 6. The zero-order valence-electron chi connectivity index (χ0n) is 19.8. The van der Waals surface area contributed by atoms with Gasteiger partial charge >= 0.3 is 0 Å². The third kappa shape index (κ3) is 4.81. The van der Waals surface area contributed by atoms with Gasteiger partial charge in [-0.3, -0.25) is 9.36 Å². The number of nitrogens with zero attached hydrogens (tertiary/aromatic N) is 4. The van der Waals surface area contributed by atoms with Gasteiger partial charge in [0.2, 0.25) is 17.8 Å². The number of imidazole rings is 1. The Balaban J connectivity index is 1.53. The number of halogens is 3. The van der Waals surface area contributed by atoms with E-state index in [1.165, 1.54) is 0 Å². The van der Waals surface area contributed by atoms with Crippen molar-refractivity contribution in [2.24, 2.45) is 17.6 Å². The molecule has 1 amide bonds. The van der Waals surface area contributed by atoms with E-state index in [1.807, 2.05) is 0 Å². The van der Waals surface area contributed by atoms with Crippen LogP contribution in [0.2, 0.25) is 0 Å². The molecule has 1 aromatic carbocycles. The number of carbonyl (C=O) groups excluding carboxylic acids is 1. The number of nitrogens with one attached hydrogen (secondary N) is 2. The Morgan fingerprint density at radius 2 is 1.83 bits per heavy atom. The number of fused-ring (bicyclic) bond motifs is 1. The summed E-state index contributed by atoms with van der Waals surface area (Å²) in [5, 5.41) is 6.08. The summed E-state index contributed by atoms with van der Waals surface area (Å²) in [6.07, 6.45) is 4.73. The average molecular weight is 504 g/mol. The van der Waals surface area contributed by atoms with Crippen molar-refractivity contribution in [3.8, 4) is 0 Å². The number of carbonyl (C=O) groups is 1. The number of hydrogen-bond donors (Lipinski definition) is 3. The van der Waals surface area contributed by atoms with Gasteiger partial charge in [-0.05, 0) is 38.0 Å². The second-order valence-electron chi connectivity index (χ2n) is 9.58. The van der Waals surface area contributed by atoms with E-state index < -0.39 is 23.1 Å². The molecule has 1 aliphatic carbocycles. The van der Waals surface area contributed by atoms with Crippen LogP contribution in [0.4, 0.5) is 30.8 Å². The van der Waals surface area contributed by atoms with E-state index in [9.17, 15) is 18.0 Å². The number of ether oxygens (including phenoxy) is 1. The molecule has 2 fully saturated rings. The van der Waals surface area contributed by atoms with E-state index in [0.717, 1.165) is 6.42 Å². The lowest BCUT2D eigenvalue weighted by Gasteiger charge is -2.30. The zero-order valence-corrected chi connectivity index (χ0v) is 19.8. The fraction of sp³-hybridized carbons (Fsp3) is 0.500. The first-order valence-electron chi connectivity index (χ1n) is 12.1. The van der Waals surface area contributed by atoms with Crippen molar-refractivity contribution in [2.75, 3.05) is 23.8 Å². The monoisotopic (exact) mass is 503 g/mol. The first kappa shape index (κ1) is 24.3. The first-order valence-corrected chi connectivity index (χ1v) is 12.1. The first-order chi connectivity index (χ1) is 17.3. The van der Waals surface area contributed by atoms with Crippen LogP contribution in [-0.2, 0) is 9.53 Å². The molecule has 192 valence electrons. The highest BCUT2D eigenvalue weighted by atomic mass is 19.1. The van der Waals surface area contributed by atoms with Gasteiger partial charge in [0.15, 0.2) is 17.3 Å². The molecule has 0 bridgehead atoms. The molecule has 1 saturated carbocycles. The smallest absolute Gasteiger partial charge is 0.224 e. The maximum Gasteiger partial charge on any atom is 0.224 e. The molecular weight excluding hydrogens is 475 g/mol. The lowest BCUT2D eigenvalue weighted by Crippen LogP contribution is -2.36. The van der Waals surface area contributed by atoms with E-state index in [0.29, 0.717) is 68.1 Å². The van der Waals surface area contributed by atoms with E-state index in [1.54, 1.807) is 10.8 Å². The molecule has 4 N–H and O–H groups in total. The van der Waals surface area contributed by atoms with Crippen LogP contribution in [0, 0.1) is 29.3 Å². The van der Waals surface area contributed by atoms with Gasteiger partial charge in [0.25, 0.3) is 0 Å². The molecule has 2 aromatic heterocycles. The molecule has 5 rings (SSSR count). The van der Waals surface area contributed by atoms with Gasteiger partial charge in [-0.25, -0.2) is 23.1 Å². The van der Waals surface area contributed by atoms with Crippen LogP contribution in [0.5, 0.6) is 0 Å². The van der Waals surface area contributed by atoms with E-state index in [2.05, 4.69) is 27.5 Å². The minimum atomic E-state index is -1.08. The normalized spacial score (nSPS) is 24.6. The van der Waals surface area contributed by atoms with E-state index in [4.69, 9.17) is 15.5 Å². The Bertz CT molecular complexity index is 1250. The Morgan fingerprint density at radius 3 is 2.50 bits per heavy atom. The largest absolute Gasteiger partial charge is 0.381 e. The maximum atomic E-state index is 14.4. The fourth-order valence-electron chi connectivity index (χ4n) is 5.05. The summed E-state index contributed by atoms with van der Waals surface area (Å²) >= 11 is 0. The van der Waals surface area contributed by atoms with Crippen LogP contribution < -0.4 is 16.4 Å². The number of hydrogen-bond acceptors (Lipinski definition) is 7. The van der Waals surface area contributed by atoms with Crippen molar-refractivity contribution in [1.82, 2.24) is 19.5 Å². The van der Waals surface area contributed by atoms with Crippen LogP contribution in [0.25, 0.3) is 11.2 Å². The lowest BCUT2D eigenvalue weighted by molar-refractivity contribution is -0.122. The van der Waals surface area contributed by atoms with Crippen molar-refractivity contribution in [3.05, 3.63) is 35.8 Å². The van der Waals surface area contributed by atoms with Crippen molar-refractivity contribution < 1.29 is 22.7 Å². The topological polar surface area (TPSA) is 120 Å². The molecule has 36 heavy (non-hydrogen) atoms. The Kier molecular flexibility index (Phi) is 6.69. The summed E-state index contributed by atoms with van der Waals surface area (Å²) in [5.74, 6) is -2.89. The molecule has 2 atom stereocenters. The van der Waals surface area contributed by atoms with Crippen LogP contribution in [0.15, 0.2) is 18.3 Å². The minimum absolute atomic E-state index is 0.138. The molecular formula is C24H28F3N7O2. The number of aromatic nitrogens is 4. The summed E-state index contributed by atoms with van der Waals surface area (Å²) in [4.78, 5) is 25.3. The van der Waals surface area contributed by atoms with Gasteiger partial charge in [0, 0.05) is 36.7 Å². The molecule has 9 nitrogen and oxygen atoms in total. The van der Waals surface area contributed by atoms with Gasteiger partial charge in [-0.1, -0.05) is 6.92 Å². The lowest BCUT2D eigenvalue weighted by atomic mass is 9.85. The molecule has 3 aromatic rings. The number of primary amides is 1. The summed E-state index contributed by atoms with van der Waals surface area (Å²) < 4.78 is 49.6. The summed E-state index contributed by atoms with van der Waals surface area (Å²) in [6.45, 7) is 3.38. The molecule has 0 unspecified atom stereocenters. The number of anilines is 3. The van der Waals surface area contributed by atoms with Crippen LogP contribution >= 0.6 is 0 Å². The predicted octanol–water partition coefficient (Wildman–Crippen LogP) is 4.04. The van der Waals surface area contributed by atoms with Gasteiger partial charge < -0.3 is 21.1 Å². The number of benzene rings is 1. The quantitative estimate of drug-likeness (QED) is 0.464. The van der Waals surface area contributed by atoms with E-state index in [-0.39, 0.29) is 35.8 Å². The summed E-state index contributed by atoms with van der Waals surface area (Å²) in [5.41, 5.74) is 5.90. The van der Waals surface area contributed by atoms with Crippen molar-refractivity contribution >= 4 is 34.7 Å². The van der Waals surface area contributed by atoms with Crippen molar-refractivity contribution in [3.63, 3.8) is 0 Å². The molecule has 12 heteroatoms. The Hall–Kier alpha value is -3.41. The third-order valence-electron chi connectivity index (χ3n) is 7.10. The number of amides is 1. The third-order valence-corrected chi connectivity index (χ3v) is 7.10. The molecule has 1 aliphatic heterocycles. The highest BCUT2D eigenvalue weighted by Gasteiger charge is 2.30. The van der Waals surface area contributed by atoms with Gasteiger partial charge in [-0.15, -0.1) is 0 Å². The van der Waals surface area contributed by atoms with Gasteiger partial charge in [0.1, 0.15) is 17.0 Å². The maximum absolute atomic E-state index is 14.4. The van der Waals surface area contributed by atoms with Crippen LogP contribution in [0.1, 0.15) is 45.1 Å². The van der Waals surface area contributed by atoms with Crippen molar-refractivity contribution in [2.45, 2.75) is 51.1 Å². The summed E-state index contributed by atoms with van der Waals surface area (Å²) in [7, 11) is 0. The van der Waals surface area contributed by atoms with Crippen LogP contribution in [0.3, 0.4) is 0 Å². The van der Waals surface area contributed by atoms with Crippen molar-refractivity contribution in [1.29, 1.82) is 0 Å². The molecule has 1 saturated heterocycles. The average Bonchev–Trinajstić information content (AvgIpc) is 3.20. The second-order valence-corrected chi connectivity index (χ2v) is 9.58. The zero-order chi connectivity index (χ0) is 25.4. The van der Waals surface area contributed by atoms with Gasteiger partial charge in [-0.2, -0.15) is 4.98 Å². The highest BCUT2D eigenvalue weighted by Crippen LogP contribution is 2.37. The predicted molar refractivity (Wildman–Crippen MR) is 127 cm³/mol. The minimum Gasteiger partial charge on any atom is -0.381 e. The van der Waals surface area contributed by atoms with Crippen LogP contribution in [-0.4, -0.2) is 44.7 Å². The molecule has 0 spiro atoms. The fourth-order valence-corrected chi connectivity index (χ4v) is 5.05. The van der Waals surface area contributed by atoms with E-state index >= 15 is 0 Å². The Labute approximate surface area is 205 Å². The molecule has 2 aliphatic rings. The SMILES string of the molecule is C[C@@H]1COCC[C@H]1Nc1ncc2nc(Nc3c(F)cc(F)cc3F)n([C@H]3CC[C@@H](C(N)=O)CC3)c2n1. The standard InChI is InChI=1S/C24H28F3N7O2/c1-12-11-36-7-6-18(12)30-23-29-10-19-22(33-23)34(15-4-2-13(3-5-15)21(28)35)24(31-19)32-20-16(26)8-14(25)9-17(20)27/h8-10,12-13,15,18H,2-7,11H2,1H3,(H2,28,35)(H,31,32)(H,29,30,33)/t12-,13-,15+,18-/m1/s1.